The highest BCUT2D eigenvalue weighted by molar-refractivity contribution is 5.81. The molecular formula is C17H23F3O. The molecule has 1 nitrogen and oxygen atoms in total. The van der Waals surface area contributed by atoms with Gasteiger partial charge in [0.2, 0.25) is 0 Å². The molecule has 0 amide bonds. The summed E-state index contributed by atoms with van der Waals surface area (Å²) in [5.41, 5.74) is 1.37. The number of benzene rings is 1. The average Bonchev–Trinajstić information content (AvgIpc) is 2.28. The van der Waals surface area contributed by atoms with Gasteiger partial charge >= 0.3 is 6.18 Å². The molecule has 21 heavy (non-hydrogen) atoms. The topological polar surface area (TPSA) is 17.1 Å². The third-order valence-corrected chi connectivity index (χ3v) is 3.32. The molecule has 0 aliphatic heterocycles. The summed E-state index contributed by atoms with van der Waals surface area (Å²) in [6, 6.07) is 7.30. The Morgan fingerprint density at radius 2 is 1.62 bits per heavy atom. The molecule has 1 atom stereocenters. The van der Waals surface area contributed by atoms with Crippen molar-refractivity contribution in [2.75, 3.05) is 0 Å². The van der Waals surface area contributed by atoms with E-state index in [1.54, 1.807) is 32.9 Å². The number of Topliss-reactive ketones (excluding diaryl/α,β-unsaturated/α-hetero) is 1. The largest absolute Gasteiger partial charge is 0.392 e. The van der Waals surface area contributed by atoms with Crippen molar-refractivity contribution in [2.45, 2.75) is 53.1 Å². The Bertz CT molecular complexity index is 466. The Balaban J connectivity index is 2.70. The van der Waals surface area contributed by atoms with E-state index in [1.165, 1.54) is 0 Å². The summed E-state index contributed by atoms with van der Waals surface area (Å²) >= 11 is 0. The molecule has 4 heteroatoms. The van der Waals surface area contributed by atoms with Crippen LogP contribution in [0, 0.1) is 18.3 Å². The highest BCUT2D eigenvalue weighted by atomic mass is 19.4. The lowest BCUT2D eigenvalue weighted by atomic mass is 9.81. The van der Waals surface area contributed by atoms with Crippen LogP contribution in [0.15, 0.2) is 24.3 Å². The summed E-state index contributed by atoms with van der Waals surface area (Å²) in [6.07, 6.45) is -4.72. The number of hydrogen-bond donors (Lipinski definition) is 0. The maximum atomic E-state index is 13.1. The summed E-state index contributed by atoms with van der Waals surface area (Å²) in [5, 5.41) is 0. The number of carbonyl (C=O) groups excluding carboxylic acids is 1. The molecule has 1 rings (SSSR count). The minimum atomic E-state index is -4.32. The van der Waals surface area contributed by atoms with Gasteiger partial charge in [-0.05, 0) is 24.3 Å². The first kappa shape index (κ1) is 17.7. The molecule has 1 aromatic carbocycles. The first-order chi connectivity index (χ1) is 9.47. The number of rotatable bonds is 5. The van der Waals surface area contributed by atoms with E-state index in [4.69, 9.17) is 0 Å². The molecule has 0 saturated carbocycles. The molecule has 0 fully saturated rings. The fourth-order valence-electron chi connectivity index (χ4n) is 2.32. The van der Waals surface area contributed by atoms with Crippen LogP contribution in [0.25, 0.3) is 0 Å². The van der Waals surface area contributed by atoms with E-state index in [1.807, 2.05) is 19.1 Å². The Hall–Kier alpha value is -1.32. The summed E-state index contributed by atoms with van der Waals surface area (Å²) in [6.45, 7) is 7.21. The van der Waals surface area contributed by atoms with Crippen LogP contribution in [0.5, 0.6) is 0 Å². The lowest BCUT2D eigenvalue weighted by Gasteiger charge is -2.27. The van der Waals surface area contributed by atoms with Gasteiger partial charge in [0.1, 0.15) is 5.78 Å². The van der Waals surface area contributed by atoms with E-state index in [0.717, 1.165) is 11.1 Å². The predicted molar refractivity (Wildman–Crippen MR) is 78.1 cm³/mol. The first-order valence-electron chi connectivity index (χ1n) is 7.11. The highest BCUT2D eigenvalue weighted by Crippen LogP contribution is 2.38. The summed E-state index contributed by atoms with van der Waals surface area (Å²) in [4.78, 5) is 11.9. The predicted octanol–water partition coefficient (Wildman–Crippen LogP) is 5.11. The van der Waals surface area contributed by atoms with Gasteiger partial charge in [0.05, 0.1) is 5.92 Å². The van der Waals surface area contributed by atoms with Crippen molar-refractivity contribution in [3.8, 4) is 0 Å². The van der Waals surface area contributed by atoms with Gasteiger partial charge in [-0.3, -0.25) is 4.79 Å². The van der Waals surface area contributed by atoms with Gasteiger partial charge in [-0.25, -0.2) is 0 Å². The Morgan fingerprint density at radius 3 is 2.05 bits per heavy atom. The summed E-state index contributed by atoms with van der Waals surface area (Å²) < 4.78 is 39.2. The Labute approximate surface area is 124 Å². The molecule has 0 aliphatic rings. The second kappa shape index (κ2) is 6.63. The van der Waals surface area contributed by atoms with Gasteiger partial charge in [0, 0.05) is 12.8 Å². The number of carbonyl (C=O) groups is 1. The van der Waals surface area contributed by atoms with Gasteiger partial charge in [-0.2, -0.15) is 13.2 Å². The van der Waals surface area contributed by atoms with Crippen molar-refractivity contribution >= 4 is 5.78 Å². The van der Waals surface area contributed by atoms with Crippen molar-refractivity contribution in [1.82, 2.24) is 0 Å². The fourth-order valence-corrected chi connectivity index (χ4v) is 2.32. The third-order valence-electron chi connectivity index (χ3n) is 3.32. The van der Waals surface area contributed by atoms with Crippen molar-refractivity contribution < 1.29 is 18.0 Å². The minimum absolute atomic E-state index is 0.0316. The molecule has 0 saturated heterocycles. The van der Waals surface area contributed by atoms with Crippen LogP contribution in [0.4, 0.5) is 13.2 Å². The molecule has 118 valence electrons. The quantitative estimate of drug-likeness (QED) is 0.738. The highest BCUT2D eigenvalue weighted by Gasteiger charge is 2.42. The van der Waals surface area contributed by atoms with Crippen molar-refractivity contribution in [1.29, 1.82) is 0 Å². The molecule has 1 aromatic rings. The Morgan fingerprint density at radius 1 is 1.10 bits per heavy atom. The zero-order chi connectivity index (χ0) is 16.3. The average molecular weight is 300 g/mol. The molecule has 0 spiro atoms. The number of ketones is 1. The standard InChI is InChI=1S/C17H23F3O/c1-12-5-7-13(8-6-12)9-15(21)10-14(17(18,19)20)11-16(2,3)4/h5-8,14H,9-11H2,1-4H3. The molecule has 0 bridgehead atoms. The lowest BCUT2D eigenvalue weighted by molar-refractivity contribution is -0.185. The molecular weight excluding hydrogens is 277 g/mol. The van der Waals surface area contributed by atoms with Crippen molar-refractivity contribution in [3.05, 3.63) is 35.4 Å². The van der Waals surface area contributed by atoms with Gasteiger partial charge in [-0.15, -0.1) is 0 Å². The number of hydrogen-bond acceptors (Lipinski definition) is 1. The van der Waals surface area contributed by atoms with Gasteiger partial charge in [-0.1, -0.05) is 50.6 Å². The number of aryl methyl sites for hydroxylation is 1. The van der Waals surface area contributed by atoms with Crippen molar-refractivity contribution in [3.63, 3.8) is 0 Å². The van der Waals surface area contributed by atoms with E-state index in [9.17, 15) is 18.0 Å². The van der Waals surface area contributed by atoms with Crippen LogP contribution < -0.4 is 0 Å². The maximum absolute atomic E-state index is 13.1. The van der Waals surface area contributed by atoms with E-state index < -0.39 is 23.9 Å². The van der Waals surface area contributed by atoms with Crippen LogP contribution in [0.3, 0.4) is 0 Å². The van der Waals surface area contributed by atoms with E-state index in [-0.39, 0.29) is 18.6 Å². The van der Waals surface area contributed by atoms with Gasteiger partial charge in [0.15, 0.2) is 0 Å². The van der Waals surface area contributed by atoms with E-state index in [0.29, 0.717) is 0 Å². The fraction of sp³-hybridized carbons (Fsp3) is 0.588. The summed E-state index contributed by atoms with van der Waals surface area (Å²) in [7, 11) is 0. The number of halogens is 3. The molecule has 0 radical (unpaired) electrons. The second-order valence-electron chi connectivity index (χ2n) is 6.91. The normalized spacial score (nSPS) is 14.0. The van der Waals surface area contributed by atoms with Crippen LogP contribution >= 0.6 is 0 Å². The lowest BCUT2D eigenvalue weighted by Crippen LogP contribution is -2.30. The zero-order valence-electron chi connectivity index (χ0n) is 13.1. The van der Waals surface area contributed by atoms with Crippen LogP contribution in [-0.4, -0.2) is 12.0 Å². The minimum Gasteiger partial charge on any atom is -0.299 e. The molecule has 0 N–H and O–H groups in total. The van der Waals surface area contributed by atoms with Gasteiger partial charge < -0.3 is 0 Å². The van der Waals surface area contributed by atoms with Gasteiger partial charge in [0.25, 0.3) is 0 Å². The molecule has 0 aliphatic carbocycles. The molecule has 0 aromatic heterocycles. The van der Waals surface area contributed by atoms with E-state index in [2.05, 4.69) is 0 Å². The van der Waals surface area contributed by atoms with Crippen LogP contribution in [0.2, 0.25) is 0 Å². The monoisotopic (exact) mass is 300 g/mol. The smallest absolute Gasteiger partial charge is 0.299 e. The third kappa shape index (κ3) is 6.78. The maximum Gasteiger partial charge on any atom is 0.392 e. The summed E-state index contributed by atoms with van der Waals surface area (Å²) in [5.74, 6) is -1.92. The first-order valence-corrected chi connectivity index (χ1v) is 7.11. The molecule has 1 unspecified atom stereocenters. The number of alkyl halides is 3. The zero-order valence-corrected chi connectivity index (χ0v) is 13.1. The molecule has 0 heterocycles. The van der Waals surface area contributed by atoms with Crippen LogP contribution in [0.1, 0.15) is 44.7 Å². The van der Waals surface area contributed by atoms with Crippen LogP contribution in [-0.2, 0) is 11.2 Å². The van der Waals surface area contributed by atoms with Crippen molar-refractivity contribution in [2.24, 2.45) is 11.3 Å². The SMILES string of the molecule is Cc1ccc(CC(=O)CC(CC(C)(C)C)C(F)(F)F)cc1. The Kier molecular flexibility index (Phi) is 5.60. The second-order valence-corrected chi connectivity index (χ2v) is 6.91. The van der Waals surface area contributed by atoms with E-state index >= 15 is 0 Å².